The minimum atomic E-state index is -0.923. The second-order valence-electron chi connectivity index (χ2n) is 3.63. The number of aliphatic hydroxyl groups is 1. The van der Waals surface area contributed by atoms with Crippen molar-refractivity contribution in [2.75, 3.05) is 0 Å². The van der Waals surface area contributed by atoms with Crippen molar-refractivity contribution in [1.29, 1.82) is 0 Å². The van der Waals surface area contributed by atoms with E-state index in [1.807, 2.05) is 0 Å². The molecule has 0 radical (unpaired) electrons. The van der Waals surface area contributed by atoms with Crippen LogP contribution in [-0.2, 0) is 14.3 Å². The van der Waals surface area contributed by atoms with Gasteiger partial charge in [0.1, 0.15) is 0 Å². The molecular formula is C12H9ClO4. The van der Waals surface area contributed by atoms with Crippen molar-refractivity contribution >= 4 is 23.4 Å². The number of ketones is 1. The molecule has 0 bridgehead atoms. The largest absolute Gasteiger partial charge is 0.501 e. The van der Waals surface area contributed by atoms with Gasteiger partial charge in [-0.05, 0) is 13.0 Å². The van der Waals surface area contributed by atoms with E-state index in [4.69, 9.17) is 16.3 Å². The topological polar surface area (TPSA) is 63.6 Å². The van der Waals surface area contributed by atoms with E-state index in [1.165, 1.54) is 6.92 Å². The molecule has 1 aliphatic heterocycles. The maximum atomic E-state index is 11.4. The monoisotopic (exact) mass is 252 g/mol. The van der Waals surface area contributed by atoms with Crippen molar-refractivity contribution in [1.82, 2.24) is 0 Å². The summed E-state index contributed by atoms with van der Waals surface area (Å²) in [6.45, 7) is 1.26. The Hall–Kier alpha value is -1.81. The number of hydrogen-bond acceptors (Lipinski definition) is 4. The first kappa shape index (κ1) is 11.7. The molecule has 0 saturated heterocycles. The summed E-state index contributed by atoms with van der Waals surface area (Å²) in [5, 5.41) is 9.87. The van der Waals surface area contributed by atoms with Gasteiger partial charge in [-0.2, -0.15) is 0 Å². The average molecular weight is 253 g/mol. The number of carbonyl (C=O) groups excluding carboxylic acids is 2. The molecule has 1 N–H and O–H groups in total. The lowest BCUT2D eigenvalue weighted by molar-refractivity contribution is -0.142. The van der Waals surface area contributed by atoms with Crippen LogP contribution in [0, 0.1) is 0 Å². The molecule has 1 aliphatic rings. The molecule has 0 fully saturated rings. The van der Waals surface area contributed by atoms with Crippen LogP contribution in [0.25, 0.3) is 0 Å². The Morgan fingerprint density at radius 2 is 2.06 bits per heavy atom. The Bertz CT molecular complexity index is 533. The summed E-state index contributed by atoms with van der Waals surface area (Å²) in [7, 11) is 0. The van der Waals surface area contributed by atoms with Crippen LogP contribution in [-0.4, -0.2) is 16.9 Å². The van der Waals surface area contributed by atoms with Crippen molar-refractivity contribution in [2.24, 2.45) is 0 Å². The zero-order valence-corrected chi connectivity index (χ0v) is 9.69. The Morgan fingerprint density at radius 3 is 2.65 bits per heavy atom. The lowest BCUT2D eigenvalue weighted by atomic mass is 9.99. The zero-order chi connectivity index (χ0) is 12.6. The van der Waals surface area contributed by atoms with Gasteiger partial charge < -0.3 is 9.84 Å². The van der Waals surface area contributed by atoms with Crippen molar-refractivity contribution in [3.63, 3.8) is 0 Å². The second-order valence-corrected chi connectivity index (χ2v) is 4.03. The second kappa shape index (κ2) is 4.22. The molecule has 0 spiro atoms. The number of Topliss-reactive ketones (excluding diaryl/α,β-unsaturated/α-hetero) is 1. The number of cyclic esters (lactones) is 1. The molecule has 0 saturated carbocycles. The number of halogens is 1. The normalized spacial score (nSPS) is 19.4. The molecular weight excluding hydrogens is 244 g/mol. The summed E-state index contributed by atoms with van der Waals surface area (Å²) in [6, 6.07) is 6.70. The van der Waals surface area contributed by atoms with E-state index >= 15 is 0 Å². The van der Waals surface area contributed by atoms with Crippen LogP contribution >= 0.6 is 11.6 Å². The Morgan fingerprint density at radius 1 is 1.41 bits per heavy atom. The molecule has 1 atom stereocenters. The van der Waals surface area contributed by atoms with Gasteiger partial charge >= 0.3 is 5.97 Å². The third-order valence-electron chi connectivity index (χ3n) is 2.50. The van der Waals surface area contributed by atoms with Gasteiger partial charge in [-0.3, -0.25) is 4.79 Å². The molecule has 0 aromatic heterocycles. The summed E-state index contributed by atoms with van der Waals surface area (Å²) in [6.07, 6.45) is -0.923. The van der Waals surface area contributed by atoms with E-state index in [2.05, 4.69) is 0 Å². The summed E-state index contributed by atoms with van der Waals surface area (Å²) in [5.74, 6) is -1.96. The number of ether oxygens (including phenoxy) is 1. The first-order chi connectivity index (χ1) is 8.02. The molecule has 5 heteroatoms. The minimum Gasteiger partial charge on any atom is -0.501 e. The highest BCUT2D eigenvalue weighted by atomic mass is 35.5. The quantitative estimate of drug-likeness (QED) is 0.821. The smallest absolute Gasteiger partial charge is 0.374 e. The SMILES string of the molecule is CC(=O)C1=C(O)C(=O)O[C@@H]1c1ccccc1Cl. The van der Waals surface area contributed by atoms with E-state index in [0.29, 0.717) is 10.6 Å². The van der Waals surface area contributed by atoms with Gasteiger partial charge in [0, 0.05) is 10.6 Å². The molecule has 0 aliphatic carbocycles. The van der Waals surface area contributed by atoms with Gasteiger partial charge in [0.15, 0.2) is 11.9 Å². The maximum Gasteiger partial charge on any atom is 0.374 e. The van der Waals surface area contributed by atoms with Crippen LogP contribution in [0.4, 0.5) is 0 Å². The van der Waals surface area contributed by atoms with Gasteiger partial charge in [-0.15, -0.1) is 0 Å². The van der Waals surface area contributed by atoms with Crippen LogP contribution in [0.3, 0.4) is 0 Å². The van der Waals surface area contributed by atoms with Crippen molar-refractivity contribution in [3.05, 3.63) is 46.2 Å². The lowest BCUT2D eigenvalue weighted by Crippen LogP contribution is -2.08. The highest BCUT2D eigenvalue weighted by molar-refractivity contribution is 6.31. The number of rotatable bonds is 2. The van der Waals surface area contributed by atoms with E-state index < -0.39 is 23.6 Å². The number of hydrogen-bond donors (Lipinski definition) is 1. The highest BCUT2D eigenvalue weighted by Gasteiger charge is 2.38. The van der Waals surface area contributed by atoms with Crippen LogP contribution < -0.4 is 0 Å². The molecule has 17 heavy (non-hydrogen) atoms. The Balaban J connectivity index is 2.52. The zero-order valence-electron chi connectivity index (χ0n) is 8.94. The number of aliphatic hydroxyl groups excluding tert-OH is 1. The standard InChI is InChI=1S/C12H9ClO4/c1-6(14)9-10(15)12(16)17-11(9)7-4-2-3-5-8(7)13/h2-5,11,15H,1H3/t11-/m1/s1. The summed E-state index contributed by atoms with van der Waals surface area (Å²) >= 11 is 5.96. The average Bonchev–Trinajstić information content (AvgIpc) is 2.56. The predicted octanol–water partition coefficient (Wildman–Crippen LogP) is 2.34. The van der Waals surface area contributed by atoms with Gasteiger partial charge in [-0.25, -0.2) is 4.79 Å². The lowest BCUT2D eigenvalue weighted by Gasteiger charge is -2.13. The fourth-order valence-electron chi connectivity index (χ4n) is 1.71. The highest BCUT2D eigenvalue weighted by Crippen LogP contribution is 2.37. The van der Waals surface area contributed by atoms with Crippen LogP contribution in [0.2, 0.25) is 5.02 Å². The van der Waals surface area contributed by atoms with E-state index in [-0.39, 0.29) is 5.57 Å². The van der Waals surface area contributed by atoms with Crippen molar-refractivity contribution < 1.29 is 19.4 Å². The summed E-state index contributed by atoms with van der Waals surface area (Å²) in [5.41, 5.74) is 0.430. The minimum absolute atomic E-state index is 0.0527. The van der Waals surface area contributed by atoms with Gasteiger partial charge in [-0.1, -0.05) is 29.8 Å². The molecule has 88 valence electrons. The van der Waals surface area contributed by atoms with Crippen molar-refractivity contribution in [2.45, 2.75) is 13.0 Å². The summed E-state index contributed by atoms with van der Waals surface area (Å²) in [4.78, 5) is 22.7. The Kier molecular flexibility index (Phi) is 2.90. The predicted molar refractivity (Wildman–Crippen MR) is 60.6 cm³/mol. The van der Waals surface area contributed by atoms with Crippen molar-refractivity contribution in [3.8, 4) is 0 Å². The third kappa shape index (κ3) is 1.91. The van der Waals surface area contributed by atoms with E-state index in [1.54, 1.807) is 24.3 Å². The molecule has 0 unspecified atom stereocenters. The number of esters is 1. The third-order valence-corrected chi connectivity index (χ3v) is 2.85. The van der Waals surface area contributed by atoms with Gasteiger partial charge in [0.2, 0.25) is 5.76 Å². The van der Waals surface area contributed by atoms with Gasteiger partial charge in [0.05, 0.1) is 5.57 Å². The number of benzene rings is 1. The fraction of sp³-hybridized carbons (Fsp3) is 0.167. The van der Waals surface area contributed by atoms with Crippen LogP contribution in [0.1, 0.15) is 18.6 Å². The molecule has 1 heterocycles. The Labute approximate surface area is 102 Å². The van der Waals surface area contributed by atoms with E-state index in [0.717, 1.165) is 0 Å². The van der Waals surface area contributed by atoms with Gasteiger partial charge in [0.25, 0.3) is 0 Å². The van der Waals surface area contributed by atoms with Crippen LogP contribution in [0.5, 0.6) is 0 Å². The molecule has 0 amide bonds. The first-order valence-electron chi connectivity index (χ1n) is 4.92. The first-order valence-corrected chi connectivity index (χ1v) is 5.29. The maximum absolute atomic E-state index is 11.4. The van der Waals surface area contributed by atoms with E-state index in [9.17, 15) is 14.7 Å². The number of carbonyl (C=O) groups is 2. The summed E-state index contributed by atoms with van der Waals surface area (Å²) < 4.78 is 4.95. The molecule has 2 rings (SSSR count). The fourth-order valence-corrected chi connectivity index (χ4v) is 1.95. The molecule has 4 nitrogen and oxygen atoms in total. The molecule has 1 aromatic rings. The van der Waals surface area contributed by atoms with Crippen LogP contribution in [0.15, 0.2) is 35.6 Å². The molecule has 1 aromatic carbocycles.